The number of nitrogens with one attached hydrogen (secondary N) is 1. The Hall–Kier alpha value is -0.970. The minimum absolute atomic E-state index is 0.166. The van der Waals surface area contributed by atoms with Crippen LogP contribution in [0.5, 0.6) is 0 Å². The third-order valence-corrected chi connectivity index (χ3v) is 3.73. The number of aliphatic hydroxyl groups excluding tert-OH is 1. The van der Waals surface area contributed by atoms with Crippen molar-refractivity contribution in [1.29, 1.82) is 0 Å². The highest BCUT2D eigenvalue weighted by Gasteiger charge is 2.22. The van der Waals surface area contributed by atoms with Crippen molar-refractivity contribution in [3.63, 3.8) is 0 Å². The van der Waals surface area contributed by atoms with Gasteiger partial charge in [-0.2, -0.15) is 0 Å². The van der Waals surface area contributed by atoms with Crippen LogP contribution in [-0.2, 0) is 6.42 Å². The first kappa shape index (κ1) is 17.1. The zero-order valence-electron chi connectivity index (χ0n) is 13.1. The summed E-state index contributed by atoms with van der Waals surface area (Å²) < 4.78 is 0. The third kappa shape index (κ3) is 6.46. The molecule has 1 rings (SSSR count). The molecule has 1 unspecified atom stereocenters. The van der Waals surface area contributed by atoms with Crippen LogP contribution < -0.4 is 5.32 Å². The summed E-state index contributed by atoms with van der Waals surface area (Å²) in [6.07, 6.45) is 6.76. The van der Waals surface area contributed by atoms with Gasteiger partial charge in [-0.25, -0.2) is 0 Å². The van der Waals surface area contributed by atoms with Crippen LogP contribution in [0.4, 0.5) is 0 Å². The average molecular weight is 279 g/mol. The Bertz CT molecular complexity index is 358. The highest BCUT2D eigenvalue weighted by molar-refractivity contribution is 5.09. The van der Waals surface area contributed by atoms with E-state index in [1.165, 1.54) is 5.56 Å². The van der Waals surface area contributed by atoms with Gasteiger partial charge in [-0.15, -0.1) is 0 Å². The maximum Gasteiger partial charge on any atom is 0.0611 e. The van der Waals surface area contributed by atoms with Crippen molar-refractivity contribution in [2.45, 2.75) is 38.6 Å². The predicted octanol–water partition coefficient (Wildman–Crippen LogP) is 1.70. The van der Waals surface area contributed by atoms with Gasteiger partial charge >= 0.3 is 0 Å². The first-order valence-electron chi connectivity index (χ1n) is 7.53. The molecule has 1 aromatic heterocycles. The smallest absolute Gasteiger partial charge is 0.0611 e. The van der Waals surface area contributed by atoms with Crippen LogP contribution in [0.1, 0.15) is 32.3 Å². The Morgan fingerprint density at radius 1 is 1.30 bits per heavy atom. The van der Waals surface area contributed by atoms with Gasteiger partial charge in [-0.05, 0) is 64.0 Å². The molecule has 0 aliphatic carbocycles. The van der Waals surface area contributed by atoms with Crippen LogP contribution >= 0.6 is 0 Å². The SMILES string of the molecule is CCCNC(C)(CO)CCN(C)CCc1ccncc1. The van der Waals surface area contributed by atoms with Crippen molar-refractivity contribution < 1.29 is 5.11 Å². The van der Waals surface area contributed by atoms with Crippen molar-refractivity contribution in [2.75, 3.05) is 33.3 Å². The summed E-state index contributed by atoms with van der Waals surface area (Å²) in [5.41, 5.74) is 1.15. The highest BCUT2D eigenvalue weighted by Crippen LogP contribution is 2.10. The largest absolute Gasteiger partial charge is 0.394 e. The lowest BCUT2D eigenvalue weighted by atomic mass is 9.98. The summed E-state index contributed by atoms with van der Waals surface area (Å²) in [6.45, 7) is 7.39. The molecule has 0 saturated heterocycles. The summed E-state index contributed by atoms with van der Waals surface area (Å²) in [5.74, 6) is 0. The Balaban J connectivity index is 2.29. The van der Waals surface area contributed by atoms with Gasteiger partial charge in [0.15, 0.2) is 0 Å². The van der Waals surface area contributed by atoms with Gasteiger partial charge in [0.2, 0.25) is 0 Å². The van der Waals surface area contributed by atoms with E-state index in [0.29, 0.717) is 0 Å². The minimum Gasteiger partial charge on any atom is -0.394 e. The van der Waals surface area contributed by atoms with Crippen LogP contribution in [-0.4, -0.2) is 53.8 Å². The summed E-state index contributed by atoms with van der Waals surface area (Å²) >= 11 is 0. The quantitative estimate of drug-likeness (QED) is 0.684. The first-order chi connectivity index (χ1) is 9.59. The number of rotatable bonds is 10. The molecule has 2 N–H and O–H groups in total. The molecular formula is C16H29N3O. The van der Waals surface area contributed by atoms with Gasteiger partial charge in [0.1, 0.15) is 0 Å². The fourth-order valence-electron chi connectivity index (χ4n) is 2.07. The van der Waals surface area contributed by atoms with Crippen molar-refractivity contribution in [3.8, 4) is 0 Å². The number of pyridine rings is 1. The van der Waals surface area contributed by atoms with Gasteiger partial charge < -0.3 is 15.3 Å². The topological polar surface area (TPSA) is 48.4 Å². The van der Waals surface area contributed by atoms with Gasteiger partial charge in [0.05, 0.1) is 6.61 Å². The van der Waals surface area contributed by atoms with Crippen molar-refractivity contribution in [1.82, 2.24) is 15.2 Å². The molecule has 20 heavy (non-hydrogen) atoms. The summed E-state index contributed by atoms with van der Waals surface area (Å²) in [6, 6.07) is 4.13. The number of hydrogen-bond donors (Lipinski definition) is 2. The molecule has 4 heteroatoms. The number of hydrogen-bond acceptors (Lipinski definition) is 4. The van der Waals surface area contributed by atoms with Gasteiger partial charge in [0, 0.05) is 24.5 Å². The van der Waals surface area contributed by atoms with E-state index in [1.807, 2.05) is 12.4 Å². The lowest BCUT2D eigenvalue weighted by Gasteiger charge is -2.31. The second-order valence-electron chi connectivity index (χ2n) is 5.80. The fourth-order valence-corrected chi connectivity index (χ4v) is 2.07. The van der Waals surface area contributed by atoms with E-state index < -0.39 is 0 Å². The van der Waals surface area contributed by atoms with Crippen LogP contribution in [0.3, 0.4) is 0 Å². The zero-order chi connectivity index (χ0) is 14.8. The number of aromatic nitrogens is 1. The molecule has 114 valence electrons. The molecule has 1 aromatic rings. The molecule has 0 bridgehead atoms. The van der Waals surface area contributed by atoms with E-state index in [2.05, 4.69) is 48.2 Å². The maximum atomic E-state index is 9.54. The molecule has 0 spiro atoms. The van der Waals surface area contributed by atoms with E-state index in [1.54, 1.807) is 0 Å². The van der Waals surface area contributed by atoms with E-state index in [-0.39, 0.29) is 12.1 Å². The normalized spacial score (nSPS) is 14.4. The molecule has 0 saturated carbocycles. The Kier molecular flexibility index (Phi) is 7.73. The van der Waals surface area contributed by atoms with Crippen LogP contribution in [0.15, 0.2) is 24.5 Å². The van der Waals surface area contributed by atoms with Crippen molar-refractivity contribution in [2.24, 2.45) is 0 Å². The zero-order valence-corrected chi connectivity index (χ0v) is 13.1. The maximum absolute atomic E-state index is 9.54. The molecule has 1 atom stereocenters. The molecule has 0 aliphatic heterocycles. The van der Waals surface area contributed by atoms with E-state index in [9.17, 15) is 5.11 Å². The number of likely N-dealkylation sites (N-methyl/N-ethyl adjacent to an activating group) is 1. The predicted molar refractivity (Wildman–Crippen MR) is 83.8 cm³/mol. The fraction of sp³-hybridized carbons (Fsp3) is 0.688. The molecule has 0 amide bonds. The van der Waals surface area contributed by atoms with Crippen molar-refractivity contribution >= 4 is 0 Å². The van der Waals surface area contributed by atoms with E-state index in [0.717, 1.165) is 38.9 Å². The second-order valence-corrected chi connectivity index (χ2v) is 5.80. The van der Waals surface area contributed by atoms with Crippen LogP contribution in [0.2, 0.25) is 0 Å². The van der Waals surface area contributed by atoms with Crippen LogP contribution in [0, 0.1) is 0 Å². The summed E-state index contributed by atoms with van der Waals surface area (Å²) in [7, 11) is 2.14. The molecule has 0 aromatic carbocycles. The Morgan fingerprint density at radius 2 is 2.00 bits per heavy atom. The molecule has 4 nitrogen and oxygen atoms in total. The Labute approximate surface area is 123 Å². The second kappa shape index (κ2) is 9.06. The molecular weight excluding hydrogens is 250 g/mol. The van der Waals surface area contributed by atoms with Crippen LogP contribution in [0.25, 0.3) is 0 Å². The highest BCUT2D eigenvalue weighted by atomic mass is 16.3. The van der Waals surface area contributed by atoms with E-state index >= 15 is 0 Å². The molecule has 0 aliphatic rings. The summed E-state index contributed by atoms with van der Waals surface area (Å²) in [4.78, 5) is 6.35. The number of aliphatic hydroxyl groups is 1. The summed E-state index contributed by atoms with van der Waals surface area (Å²) in [5, 5.41) is 13.0. The van der Waals surface area contributed by atoms with Crippen molar-refractivity contribution in [3.05, 3.63) is 30.1 Å². The lowest BCUT2D eigenvalue weighted by molar-refractivity contribution is 0.151. The van der Waals surface area contributed by atoms with Gasteiger partial charge in [0.25, 0.3) is 0 Å². The minimum atomic E-state index is -0.166. The Morgan fingerprint density at radius 3 is 2.60 bits per heavy atom. The van der Waals surface area contributed by atoms with Gasteiger partial charge in [-0.3, -0.25) is 4.98 Å². The third-order valence-electron chi connectivity index (χ3n) is 3.73. The monoisotopic (exact) mass is 279 g/mol. The van der Waals surface area contributed by atoms with Gasteiger partial charge in [-0.1, -0.05) is 6.92 Å². The molecule has 0 fully saturated rings. The standard InChI is InChI=1S/C16H29N3O/c1-4-9-18-16(2,14-20)8-13-19(3)12-7-15-5-10-17-11-6-15/h5-6,10-11,18,20H,4,7-9,12-14H2,1-3H3. The van der Waals surface area contributed by atoms with E-state index in [4.69, 9.17) is 0 Å². The average Bonchev–Trinajstić information content (AvgIpc) is 2.50. The molecule has 0 radical (unpaired) electrons. The molecule has 1 heterocycles. The first-order valence-corrected chi connectivity index (χ1v) is 7.53. The lowest BCUT2D eigenvalue weighted by Crippen LogP contribution is -2.48. The number of nitrogens with zero attached hydrogens (tertiary/aromatic N) is 2.